The fourth-order valence-electron chi connectivity index (χ4n) is 2.53. The topological polar surface area (TPSA) is 64.1 Å². The van der Waals surface area contributed by atoms with Gasteiger partial charge in [0.1, 0.15) is 6.26 Å². The van der Waals surface area contributed by atoms with Gasteiger partial charge in [0.2, 0.25) is 0 Å². The number of nitrogens with zero attached hydrogens (tertiary/aromatic N) is 1. The number of nitrogens with two attached hydrogens (primary N) is 1. The van der Waals surface area contributed by atoms with Crippen LogP contribution < -0.4 is 11.1 Å². The predicted octanol–water partition coefficient (Wildman–Crippen LogP) is 4.40. The van der Waals surface area contributed by atoms with Crippen molar-refractivity contribution in [1.29, 1.82) is 0 Å². The second-order valence-electron chi connectivity index (χ2n) is 6.37. The van der Waals surface area contributed by atoms with Crippen molar-refractivity contribution in [3.63, 3.8) is 0 Å². The van der Waals surface area contributed by atoms with Gasteiger partial charge in [-0.25, -0.2) is 0 Å². The maximum absolute atomic E-state index is 6.19. The summed E-state index contributed by atoms with van der Waals surface area (Å²) in [5.41, 5.74) is 10.6. The number of aromatic nitrogens is 1. The van der Waals surface area contributed by atoms with Gasteiger partial charge in [-0.3, -0.25) is 0 Å². The van der Waals surface area contributed by atoms with E-state index < -0.39 is 0 Å². The van der Waals surface area contributed by atoms with Gasteiger partial charge in [0.25, 0.3) is 0 Å². The molecule has 114 valence electrons. The van der Waals surface area contributed by atoms with Crippen LogP contribution >= 0.6 is 0 Å². The first-order chi connectivity index (χ1) is 9.97. The van der Waals surface area contributed by atoms with Gasteiger partial charge >= 0.3 is 0 Å². The molecule has 0 aliphatic heterocycles. The minimum absolute atomic E-state index is 0.565. The Hall–Kier alpha value is -1.97. The second-order valence-corrected chi connectivity index (χ2v) is 6.37. The molecule has 2 aromatic rings. The molecule has 0 saturated heterocycles. The van der Waals surface area contributed by atoms with Gasteiger partial charge in [0.15, 0.2) is 5.82 Å². The summed E-state index contributed by atoms with van der Waals surface area (Å²) < 4.78 is 4.89. The standard InChI is InChI=1S/C17H25N3O/c1-11(2)9-13-5-6-15(18)17(14(13)10-12(3)4)19-16-7-8-21-20-16/h5-8,11-12H,9-10,18H2,1-4H3,(H,19,20). The molecule has 0 amide bonds. The zero-order chi connectivity index (χ0) is 15.4. The molecule has 4 heteroatoms. The van der Waals surface area contributed by atoms with Crippen LogP contribution in [0.3, 0.4) is 0 Å². The molecule has 3 N–H and O–H groups in total. The normalized spacial score (nSPS) is 11.3. The van der Waals surface area contributed by atoms with Gasteiger partial charge < -0.3 is 15.6 Å². The number of rotatable bonds is 6. The van der Waals surface area contributed by atoms with Crippen molar-refractivity contribution in [1.82, 2.24) is 5.16 Å². The van der Waals surface area contributed by atoms with Crippen LogP contribution in [0.2, 0.25) is 0 Å². The molecule has 2 rings (SSSR count). The van der Waals surface area contributed by atoms with E-state index in [0.29, 0.717) is 17.7 Å². The fourth-order valence-corrected chi connectivity index (χ4v) is 2.53. The maximum atomic E-state index is 6.19. The van der Waals surface area contributed by atoms with Crippen molar-refractivity contribution in [2.24, 2.45) is 11.8 Å². The summed E-state index contributed by atoms with van der Waals surface area (Å²) in [7, 11) is 0. The van der Waals surface area contributed by atoms with Crippen LogP contribution in [0.25, 0.3) is 0 Å². The summed E-state index contributed by atoms with van der Waals surface area (Å²) in [5, 5.41) is 7.23. The van der Waals surface area contributed by atoms with Crippen molar-refractivity contribution in [3.05, 3.63) is 35.6 Å². The molecule has 1 heterocycles. The third-order valence-electron chi connectivity index (χ3n) is 3.37. The van der Waals surface area contributed by atoms with Crippen LogP contribution in [-0.4, -0.2) is 5.16 Å². The van der Waals surface area contributed by atoms with Gasteiger partial charge in [-0.2, -0.15) is 0 Å². The van der Waals surface area contributed by atoms with Crippen LogP contribution in [0.1, 0.15) is 38.8 Å². The molecular formula is C17H25N3O. The van der Waals surface area contributed by atoms with E-state index in [1.165, 1.54) is 11.1 Å². The summed E-state index contributed by atoms with van der Waals surface area (Å²) >= 11 is 0. The molecule has 0 atom stereocenters. The Morgan fingerprint density at radius 1 is 1.10 bits per heavy atom. The van der Waals surface area contributed by atoms with Crippen LogP contribution in [0.4, 0.5) is 17.2 Å². The predicted molar refractivity (Wildman–Crippen MR) is 87.7 cm³/mol. The Labute approximate surface area is 126 Å². The third-order valence-corrected chi connectivity index (χ3v) is 3.37. The summed E-state index contributed by atoms with van der Waals surface area (Å²) in [4.78, 5) is 0. The molecule has 4 nitrogen and oxygen atoms in total. The van der Waals surface area contributed by atoms with Gasteiger partial charge in [0, 0.05) is 6.07 Å². The molecule has 0 saturated carbocycles. The highest BCUT2D eigenvalue weighted by Gasteiger charge is 2.15. The van der Waals surface area contributed by atoms with Gasteiger partial charge in [-0.1, -0.05) is 38.9 Å². The SMILES string of the molecule is CC(C)Cc1ccc(N)c(Nc2ccon2)c1CC(C)C. The Balaban J connectivity index is 2.43. The Morgan fingerprint density at radius 2 is 1.81 bits per heavy atom. The highest BCUT2D eigenvalue weighted by molar-refractivity contribution is 5.76. The van der Waals surface area contributed by atoms with Gasteiger partial charge in [-0.05, 0) is 41.9 Å². The van der Waals surface area contributed by atoms with E-state index >= 15 is 0 Å². The smallest absolute Gasteiger partial charge is 0.173 e. The fraction of sp³-hybridized carbons (Fsp3) is 0.471. The van der Waals surface area contributed by atoms with Crippen molar-refractivity contribution >= 4 is 17.2 Å². The maximum Gasteiger partial charge on any atom is 0.173 e. The summed E-state index contributed by atoms with van der Waals surface area (Å²) in [6.07, 6.45) is 3.60. The first-order valence-corrected chi connectivity index (χ1v) is 7.55. The summed E-state index contributed by atoms with van der Waals surface area (Å²) in [6, 6.07) is 5.93. The van der Waals surface area contributed by atoms with Crippen LogP contribution in [0.15, 0.2) is 29.0 Å². The highest BCUT2D eigenvalue weighted by Crippen LogP contribution is 2.32. The molecule has 1 aromatic carbocycles. The summed E-state index contributed by atoms with van der Waals surface area (Å²) in [5.74, 6) is 1.86. The van der Waals surface area contributed by atoms with Crippen LogP contribution in [0.5, 0.6) is 0 Å². The number of nitrogens with one attached hydrogen (secondary N) is 1. The molecule has 21 heavy (non-hydrogen) atoms. The van der Waals surface area contributed by atoms with Crippen molar-refractivity contribution < 1.29 is 4.52 Å². The van der Waals surface area contributed by atoms with E-state index in [2.05, 4.69) is 44.2 Å². The number of nitrogen functional groups attached to an aromatic ring is 1. The number of hydrogen-bond acceptors (Lipinski definition) is 4. The lowest BCUT2D eigenvalue weighted by Gasteiger charge is -2.20. The molecule has 0 aliphatic rings. The number of benzene rings is 1. The molecule has 0 unspecified atom stereocenters. The quantitative estimate of drug-likeness (QED) is 0.773. The van der Waals surface area contributed by atoms with E-state index in [4.69, 9.17) is 10.3 Å². The molecular weight excluding hydrogens is 262 g/mol. The van der Waals surface area contributed by atoms with E-state index in [0.717, 1.165) is 24.2 Å². The minimum Gasteiger partial charge on any atom is -0.397 e. The Bertz CT molecular complexity index is 574. The largest absolute Gasteiger partial charge is 0.397 e. The van der Waals surface area contributed by atoms with Crippen LogP contribution in [-0.2, 0) is 12.8 Å². The molecule has 0 aliphatic carbocycles. The van der Waals surface area contributed by atoms with Crippen molar-refractivity contribution in [3.8, 4) is 0 Å². The lowest BCUT2D eigenvalue weighted by Crippen LogP contribution is -2.09. The molecule has 0 spiro atoms. The minimum atomic E-state index is 0.565. The van der Waals surface area contributed by atoms with E-state index in [1.54, 1.807) is 12.3 Å². The first-order valence-electron chi connectivity index (χ1n) is 7.55. The number of anilines is 3. The van der Waals surface area contributed by atoms with E-state index in [9.17, 15) is 0 Å². The zero-order valence-corrected chi connectivity index (χ0v) is 13.3. The van der Waals surface area contributed by atoms with Gasteiger partial charge in [-0.15, -0.1) is 0 Å². The highest BCUT2D eigenvalue weighted by atomic mass is 16.5. The average Bonchev–Trinajstić information content (AvgIpc) is 2.89. The lowest BCUT2D eigenvalue weighted by molar-refractivity contribution is 0.423. The van der Waals surface area contributed by atoms with E-state index in [-0.39, 0.29) is 0 Å². The second kappa shape index (κ2) is 6.66. The van der Waals surface area contributed by atoms with Crippen molar-refractivity contribution in [2.45, 2.75) is 40.5 Å². The molecule has 0 fully saturated rings. The van der Waals surface area contributed by atoms with Crippen LogP contribution in [0, 0.1) is 11.8 Å². The summed E-state index contributed by atoms with van der Waals surface area (Å²) in [6.45, 7) is 8.92. The van der Waals surface area contributed by atoms with Gasteiger partial charge in [0.05, 0.1) is 11.4 Å². The van der Waals surface area contributed by atoms with E-state index in [1.807, 2.05) is 6.07 Å². The van der Waals surface area contributed by atoms with Crippen molar-refractivity contribution in [2.75, 3.05) is 11.1 Å². The zero-order valence-electron chi connectivity index (χ0n) is 13.3. The molecule has 0 bridgehead atoms. The third kappa shape index (κ3) is 4.00. The average molecular weight is 287 g/mol. The Kier molecular flexibility index (Phi) is 4.89. The lowest BCUT2D eigenvalue weighted by atomic mass is 9.91. The Morgan fingerprint density at radius 3 is 2.38 bits per heavy atom. The first kappa shape index (κ1) is 15.4. The number of hydrogen-bond donors (Lipinski definition) is 2. The molecule has 1 aromatic heterocycles. The monoisotopic (exact) mass is 287 g/mol. The molecule has 0 radical (unpaired) electrons.